The third-order valence-electron chi connectivity index (χ3n) is 8.97. The third kappa shape index (κ3) is 5.55. The molecule has 0 radical (unpaired) electrons. The molecule has 2 aliphatic heterocycles. The van der Waals surface area contributed by atoms with E-state index in [0.29, 0.717) is 42.9 Å². The summed E-state index contributed by atoms with van der Waals surface area (Å²) in [5.74, 6) is -0.324. The van der Waals surface area contributed by atoms with Gasteiger partial charge in [0, 0.05) is 36.9 Å². The Bertz CT molecular complexity index is 1840. The number of pyridine rings is 1. The van der Waals surface area contributed by atoms with Crippen LogP contribution in [-0.2, 0) is 0 Å². The Morgan fingerprint density at radius 3 is 2.48 bits per heavy atom. The van der Waals surface area contributed by atoms with Crippen LogP contribution in [0.25, 0.3) is 27.4 Å². The van der Waals surface area contributed by atoms with E-state index in [2.05, 4.69) is 26.1 Å². The standard InChI is InChI=1S/C35H42FN5O3/c1-6-35(5,38)17-23(16-34(2,3)4)39-33(43)25-19-41-27-13-20-9-7-8-10-21(20)14-28(27)44-32-29(41)24(31(25)42)15-26(36)30(32)40-12-11-22(37)18-40/h7-10,13-15,19,22-23H,6,11-12,16-18,37-38H2,1-5H3,(H,39,43). The van der Waals surface area contributed by atoms with Gasteiger partial charge in [0.05, 0.1) is 11.1 Å². The van der Waals surface area contributed by atoms with Crippen molar-refractivity contribution in [3.05, 3.63) is 70.3 Å². The van der Waals surface area contributed by atoms with E-state index in [1.54, 1.807) is 6.20 Å². The van der Waals surface area contributed by atoms with E-state index < -0.39 is 22.7 Å². The highest BCUT2D eigenvalue weighted by molar-refractivity contribution is 6.02. The molecular formula is C35H42FN5O3. The van der Waals surface area contributed by atoms with Crippen molar-refractivity contribution in [3.63, 3.8) is 0 Å². The molecule has 1 saturated heterocycles. The number of fused-ring (bicyclic) bond motifs is 3. The van der Waals surface area contributed by atoms with E-state index >= 15 is 4.39 Å². The number of rotatable bonds is 7. The van der Waals surface area contributed by atoms with Crippen molar-refractivity contribution in [1.82, 2.24) is 9.88 Å². The molecule has 232 valence electrons. The molecule has 0 bridgehead atoms. The minimum absolute atomic E-state index is 0.0612. The number of carbonyl (C=O) groups is 1. The molecule has 1 fully saturated rings. The largest absolute Gasteiger partial charge is 0.451 e. The topological polar surface area (TPSA) is 116 Å². The third-order valence-corrected chi connectivity index (χ3v) is 8.97. The Labute approximate surface area is 257 Å². The number of amides is 1. The lowest BCUT2D eigenvalue weighted by molar-refractivity contribution is 0.0915. The highest BCUT2D eigenvalue weighted by atomic mass is 19.1. The van der Waals surface area contributed by atoms with Crippen LogP contribution < -0.4 is 31.8 Å². The number of benzene rings is 3. The van der Waals surface area contributed by atoms with Crippen molar-refractivity contribution in [2.75, 3.05) is 18.0 Å². The van der Waals surface area contributed by atoms with Crippen molar-refractivity contribution < 1.29 is 13.9 Å². The van der Waals surface area contributed by atoms with Crippen LogP contribution in [0.4, 0.5) is 10.1 Å². The number of anilines is 1. The van der Waals surface area contributed by atoms with Gasteiger partial charge in [-0.1, -0.05) is 52.0 Å². The molecule has 6 rings (SSSR count). The maximum atomic E-state index is 16.0. The zero-order chi connectivity index (χ0) is 31.6. The van der Waals surface area contributed by atoms with Crippen LogP contribution in [0.1, 0.15) is 70.7 Å². The number of hydrogen-bond acceptors (Lipinski definition) is 6. The normalized spacial score (nSPS) is 18.2. The summed E-state index contributed by atoms with van der Waals surface area (Å²) in [6, 6.07) is 12.6. The van der Waals surface area contributed by atoms with Gasteiger partial charge in [0.25, 0.3) is 5.91 Å². The highest BCUT2D eigenvalue weighted by Crippen LogP contribution is 2.48. The molecule has 1 amide bonds. The Kier molecular flexibility index (Phi) is 7.45. The van der Waals surface area contributed by atoms with Crippen LogP contribution in [-0.4, -0.2) is 41.2 Å². The van der Waals surface area contributed by atoms with Crippen LogP contribution in [0.3, 0.4) is 0 Å². The van der Waals surface area contributed by atoms with Gasteiger partial charge >= 0.3 is 0 Å². The summed E-state index contributed by atoms with van der Waals surface area (Å²) in [5.41, 5.74) is 12.9. The van der Waals surface area contributed by atoms with Crippen LogP contribution >= 0.6 is 0 Å². The predicted molar refractivity (Wildman–Crippen MR) is 175 cm³/mol. The van der Waals surface area contributed by atoms with Gasteiger partial charge in [-0.2, -0.15) is 0 Å². The molecule has 9 heteroatoms. The van der Waals surface area contributed by atoms with Crippen LogP contribution in [0.5, 0.6) is 11.5 Å². The Morgan fingerprint density at radius 2 is 1.84 bits per heavy atom. The summed E-state index contributed by atoms with van der Waals surface area (Å²) in [4.78, 5) is 29.9. The molecule has 0 saturated carbocycles. The molecule has 5 N–H and O–H groups in total. The number of aromatic nitrogens is 1. The van der Waals surface area contributed by atoms with Crippen molar-refractivity contribution in [1.29, 1.82) is 0 Å². The van der Waals surface area contributed by atoms with E-state index in [1.807, 2.05) is 59.7 Å². The first-order chi connectivity index (χ1) is 20.7. The molecule has 3 heterocycles. The molecule has 3 atom stereocenters. The fraction of sp³-hybridized carbons (Fsp3) is 0.429. The number of ether oxygens (including phenoxy) is 1. The predicted octanol–water partition coefficient (Wildman–Crippen LogP) is 5.98. The maximum absolute atomic E-state index is 16.0. The molecule has 0 spiro atoms. The first-order valence-corrected chi connectivity index (χ1v) is 15.5. The second-order valence-electron chi connectivity index (χ2n) is 14.1. The van der Waals surface area contributed by atoms with Gasteiger partial charge in [0.1, 0.15) is 16.8 Å². The number of hydrogen-bond donors (Lipinski definition) is 3. The van der Waals surface area contributed by atoms with Crippen LogP contribution in [0.15, 0.2) is 53.5 Å². The van der Waals surface area contributed by atoms with Crippen molar-refractivity contribution >= 4 is 33.3 Å². The molecular weight excluding hydrogens is 557 g/mol. The minimum Gasteiger partial charge on any atom is -0.451 e. The zero-order valence-corrected chi connectivity index (χ0v) is 26.2. The summed E-state index contributed by atoms with van der Waals surface area (Å²) >= 11 is 0. The van der Waals surface area contributed by atoms with Gasteiger partial charge in [-0.3, -0.25) is 9.59 Å². The Balaban J connectivity index is 1.54. The SMILES string of the molecule is CCC(C)(N)CC(CC(C)(C)C)NC(=O)c1cn2c3c(c(N4CCC(N)C4)c(F)cc3c1=O)Oc1cc3ccccc3cc1-2. The molecule has 44 heavy (non-hydrogen) atoms. The summed E-state index contributed by atoms with van der Waals surface area (Å²) < 4.78 is 24.3. The zero-order valence-electron chi connectivity index (χ0n) is 26.2. The average Bonchev–Trinajstić information content (AvgIpc) is 3.37. The lowest BCUT2D eigenvalue weighted by atomic mass is 9.82. The molecule has 4 aromatic rings. The van der Waals surface area contributed by atoms with Gasteiger partial charge in [-0.15, -0.1) is 0 Å². The number of carbonyl (C=O) groups excluding carboxylic acids is 1. The fourth-order valence-electron chi connectivity index (χ4n) is 6.62. The van der Waals surface area contributed by atoms with Crippen LogP contribution in [0, 0.1) is 11.2 Å². The average molecular weight is 600 g/mol. The van der Waals surface area contributed by atoms with Gasteiger partial charge < -0.3 is 31.0 Å². The number of nitrogens with two attached hydrogens (primary N) is 2. The van der Waals surface area contributed by atoms with E-state index in [9.17, 15) is 9.59 Å². The quantitative estimate of drug-likeness (QED) is 0.212. The number of halogens is 1. The summed E-state index contributed by atoms with van der Waals surface area (Å²) in [5, 5.41) is 5.13. The maximum Gasteiger partial charge on any atom is 0.257 e. The van der Waals surface area contributed by atoms with E-state index in [1.165, 1.54) is 6.07 Å². The van der Waals surface area contributed by atoms with Gasteiger partial charge in [0.15, 0.2) is 17.3 Å². The smallest absolute Gasteiger partial charge is 0.257 e. The first kappa shape index (κ1) is 30.1. The van der Waals surface area contributed by atoms with E-state index in [4.69, 9.17) is 16.2 Å². The van der Waals surface area contributed by atoms with Crippen molar-refractivity contribution in [3.8, 4) is 17.2 Å². The fourth-order valence-corrected chi connectivity index (χ4v) is 6.62. The van der Waals surface area contributed by atoms with E-state index in [0.717, 1.165) is 23.6 Å². The molecule has 3 aromatic carbocycles. The van der Waals surface area contributed by atoms with Gasteiger partial charge in [0.2, 0.25) is 5.43 Å². The van der Waals surface area contributed by atoms with E-state index in [-0.39, 0.29) is 39.9 Å². The van der Waals surface area contributed by atoms with Crippen molar-refractivity contribution in [2.45, 2.75) is 77.9 Å². The lowest BCUT2D eigenvalue weighted by Crippen LogP contribution is -2.47. The first-order valence-electron chi connectivity index (χ1n) is 15.5. The highest BCUT2D eigenvalue weighted by Gasteiger charge is 2.34. The molecule has 3 unspecified atom stereocenters. The molecule has 2 aliphatic rings. The second kappa shape index (κ2) is 10.9. The lowest BCUT2D eigenvalue weighted by Gasteiger charge is -2.33. The number of nitrogens with zero attached hydrogens (tertiary/aromatic N) is 2. The minimum atomic E-state index is -0.584. The molecule has 8 nitrogen and oxygen atoms in total. The molecule has 0 aliphatic carbocycles. The summed E-state index contributed by atoms with van der Waals surface area (Å²) in [7, 11) is 0. The molecule has 1 aromatic heterocycles. The van der Waals surface area contributed by atoms with Crippen LogP contribution in [0.2, 0.25) is 0 Å². The van der Waals surface area contributed by atoms with Crippen molar-refractivity contribution in [2.24, 2.45) is 16.9 Å². The Hall–Kier alpha value is -3.95. The number of nitrogens with one attached hydrogen (secondary N) is 1. The Morgan fingerprint density at radius 1 is 1.14 bits per heavy atom. The van der Waals surface area contributed by atoms with Gasteiger partial charge in [-0.25, -0.2) is 4.39 Å². The second-order valence-corrected chi connectivity index (χ2v) is 14.1. The monoisotopic (exact) mass is 599 g/mol. The van der Waals surface area contributed by atoms with Gasteiger partial charge in [-0.05, 0) is 67.0 Å². The summed E-state index contributed by atoms with van der Waals surface area (Å²) in [6.07, 6.45) is 4.27. The summed E-state index contributed by atoms with van der Waals surface area (Å²) in [6.45, 7) is 11.4.